The van der Waals surface area contributed by atoms with Crippen LogP contribution >= 0.6 is 0 Å². The Morgan fingerprint density at radius 3 is 2.43 bits per heavy atom. The standard InChI is InChI=1S/C19H30N2O2/c1-13-6-8-15(9-7-13)16-10-17(11-16)20-12-14(2)21-18(22)23-19(3,4)5/h6-9,14,16-17,20H,10-12H2,1-5H3,(H,21,22). The van der Waals surface area contributed by atoms with E-state index in [9.17, 15) is 4.79 Å². The Morgan fingerprint density at radius 1 is 1.26 bits per heavy atom. The van der Waals surface area contributed by atoms with Gasteiger partial charge < -0.3 is 15.4 Å². The normalized spacial score (nSPS) is 22.1. The van der Waals surface area contributed by atoms with Crippen LogP contribution in [0.1, 0.15) is 57.6 Å². The van der Waals surface area contributed by atoms with Crippen LogP contribution in [0.4, 0.5) is 4.79 Å². The van der Waals surface area contributed by atoms with Gasteiger partial charge in [-0.15, -0.1) is 0 Å². The van der Waals surface area contributed by atoms with Crippen molar-refractivity contribution in [3.05, 3.63) is 35.4 Å². The van der Waals surface area contributed by atoms with E-state index < -0.39 is 5.60 Å². The zero-order valence-corrected chi connectivity index (χ0v) is 15.0. The molecule has 1 fully saturated rings. The molecule has 0 heterocycles. The number of carbonyl (C=O) groups is 1. The number of aryl methyl sites for hydroxylation is 1. The summed E-state index contributed by atoms with van der Waals surface area (Å²) in [6, 6.07) is 9.45. The summed E-state index contributed by atoms with van der Waals surface area (Å²) in [6.45, 7) is 10.5. The maximum absolute atomic E-state index is 11.7. The molecular formula is C19H30N2O2. The smallest absolute Gasteiger partial charge is 0.407 e. The molecule has 1 aromatic carbocycles. The van der Waals surface area contributed by atoms with Crippen molar-refractivity contribution in [1.29, 1.82) is 0 Å². The van der Waals surface area contributed by atoms with Gasteiger partial charge in [-0.3, -0.25) is 0 Å². The van der Waals surface area contributed by atoms with Gasteiger partial charge in [0.05, 0.1) is 0 Å². The van der Waals surface area contributed by atoms with Gasteiger partial charge in [-0.05, 0) is 58.9 Å². The number of alkyl carbamates (subject to hydrolysis) is 1. The second-order valence-corrected chi connectivity index (χ2v) is 7.73. The maximum Gasteiger partial charge on any atom is 0.407 e. The van der Waals surface area contributed by atoms with Gasteiger partial charge in [-0.25, -0.2) is 4.79 Å². The first-order valence-corrected chi connectivity index (χ1v) is 8.52. The van der Waals surface area contributed by atoms with E-state index in [1.165, 1.54) is 24.0 Å². The Bertz CT molecular complexity index is 513. The Hall–Kier alpha value is -1.55. The highest BCUT2D eigenvalue weighted by Crippen LogP contribution is 2.36. The third-order valence-electron chi connectivity index (χ3n) is 4.16. The van der Waals surface area contributed by atoms with Crippen molar-refractivity contribution in [2.75, 3.05) is 6.54 Å². The van der Waals surface area contributed by atoms with Crippen LogP contribution in [-0.4, -0.2) is 30.3 Å². The van der Waals surface area contributed by atoms with Gasteiger partial charge in [0.1, 0.15) is 5.60 Å². The molecule has 1 amide bonds. The van der Waals surface area contributed by atoms with E-state index in [0.717, 1.165) is 6.54 Å². The molecule has 0 bridgehead atoms. The Labute approximate surface area is 140 Å². The van der Waals surface area contributed by atoms with E-state index in [2.05, 4.69) is 41.8 Å². The van der Waals surface area contributed by atoms with Crippen molar-refractivity contribution in [3.63, 3.8) is 0 Å². The lowest BCUT2D eigenvalue weighted by atomic mass is 9.75. The average molecular weight is 318 g/mol. The summed E-state index contributed by atoms with van der Waals surface area (Å²) >= 11 is 0. The summed E-state index contributed by atoms with van der Waals surface area (Å²) in [5.41, 5.74) is 2.30. The van der Waals surface area contributed by atoms with Gasteiger partial charge in [0.2, 0.25) is 0 Å². The van der Waals surface area contributed by atoms with Gasteiger partial charge in [0, 0.05) is 18.6 Å². The molecule has 4 heteroatoms. The molecule has 1 unspecified atom stereocenters. The number of ether oxygens (including phenoxy) is 1. The molecule has 1 aliphatic carbocycles. The molecule has 128 valence electrons. The third kappa shape index (κ3) is 5.87. The molecule has 2 N–H and O–H groups in total. The van der Waals surface area contributed by atoms with Crippen LogP contribution in [0.5, 0.6) is 0 Å². The monoisotopic (exact) mass is 318 g/mol. The predicted molar refractivity (Wildman–Crippen MR) is 93.8 cm³/mol. The molecule has 2 rings (SSSR count). The fourth-order valence-corrected chi connectivity index (χ4v) is 2.80. The van der Waals surface area contributed by atoms with Crippen LogP contribution in [0, 0.1) is 6.92 Å². The number of rotatable bonds is 5. The molecule has 0 aliphatic heterocycles. The predicted octanol–water partition coefficient (Wildman–Crippen LogP) is 3.74. The van der Waals surface area contributed by atoms with Crippen LogP contribution < -0.4 is 10.6 Å². The summed E-state index contributed by atoms with van der Waals surface area (Å²) in [5, 5.41) is 6.39. The van der Waals surface area contributed by atoms with Crippen molar-refractivity contribution < 1.29 is 9.53 Å². The molecule has 1 atom stereocenters. The second-order valence-electron chi connectivity index (χ2n) is 7.73. The first-order valence-electron chi connectivity index (χ1n) is 8.52. The zero-order valence-electron chi connectivity index (χ0n) is 15.0. The largest absolute Gasteiger partial charge is 0.444 e. The fraction of sp³-hybridized carbons (Fsp3) is 0.632. The lowest BCUT2D eigenvalue weighted by Gasteiger charge is -2.37. The van der Waals surface area contributed by atoms with Gasteiger partial charge in [-0.2, -0.15) is 0 Å². The van der Waals surface area contributed by atoms with E-state index in [1.54, 1.807) is 0 Å². The minimum absolute atomic E-state index is 0.0586. The number of carbonyl (C=O) groups excluding carboxylic acids is 1. The number of nitrogens with one attached hydrogen (secondary N) is 2. The Morgan fingerprint density at radius 2 is 1.87 bits per heavy atom. The van der Waals surface area contributed by atoms with Gasteiger partial charge in [0.25, 0.3) is 0 Å². The lowest BCUT2D eigenvalue weighted by molar-refractivity contribution is 0.0506. The van der Waals surface area contributed by atoms with E-state index in [0.29, 0.717) is 12.0 Å². The molecule has 4 nitrogen and oxygen atoms in total. The Balaban J connectivity index is 1.64. The molecule has 1 aromatic rings. The van der Waals surface area contributed by atoms with Crippen molar-refractivity contribution in [2.45, 2.75) is 71.1 Å². The molecule has 0 spiro atoms. The summed E-state index contributed by atoms with van der Waals surface area (Å²) < 4.78 is 5.26. The minimum Gasteiger partial charge on any atom is -0.444 e. The van der Waals surface area contributed by atoms with Gasteiger partial charge in [-0.1, -0.05) is 29.8 Å². The quantitative estimate of drug-likeness (QED) is 0.869. The topological polar surface area (TPSA) is 50.4 Å². The van der Waals surface area contributed by atoms with Crippen molar-refractivity contribution in [3.8, 4) is 0 Å². The fourth-order valence-electron chi connectivity index (χ4n) is 2.80. The summed E-state index contributed by atoms with van der Waals surface area (Å²) in [7, 11) is 0. The van der Waals surface area contributed by atoms with Crippen LogP contribution in [0.2, 0.25) is 0 Å². The number of amides is 1. The summed E-state index contributed by atoms with van der Waals surface area (Å²) in [6.07, 6.45) is 1.99. The minimum atomic E-state index is -0.452. The zero-order chi connectivity index (χ0) is 17.0. The molecule has 23 heavy (non-hydrogen) atoms. The highest BCUT2D eigenvalue weighted by molar-refractivity contribution is 5.68. The van der Waals surface area contributed by atoms with E-state index in [4.69, 9.17) is 4.74 Å². The summed E-state index contributed by atoms with van der Waals surface area (Å²) in [4.78, 5) is 11.7. The SMILES string of the molecule is Cc1ccc(C2CC(NCC(C)NC(=O)OC(C)(C)C)C2)cc1. The number of benzene rings is 1. The molecule has 0 radical (unpaired) electrons. The van der Waals surface area contributed by atoms with Crippen LogP contribution in [0.3, 0.4) is 0 Å². The van der Waals surface area contributed by atoms with Crippen LogP contribution in [0.25, 0.3) is 0 Å². The van der Waals surface area contributed by atoms with Crippen molar-refractivity contribution >= 4 is 6.09 Å². The molecule has 0 saturated heterocycles. The van der Waals surface area contributed by atoms with Crippen molar-refractivity contribution in [1.82, 2.24) is 10.6 Å². The van der Waals surface area contributed by atoms with Crippen LogP contribution in [0.15, 0.2) is 24.3 Å². The molecular weight excluding hydrogens is 288 g/mol. The lowest BCUT2D eigenvalue weighted by Crippen LogP contribution is -2.48. The number of hydrogen-bond donors (Lipinski definition) is 2. The molecule has 1 aliphatic rings. The number of hydrogen-bond acceptors (Lipinski definition) is 3. The molecule has 0 aromatic heterocycles. The first-order chi connectivity index (χ1) is 10.7. The van der Waals surface area contributed by atoms with Crippen molar-refractivity contribution in [2.24, 2.45) is 0 Å². The first kappa shape index (κ1) is 17.8. The third-order valence-corrected chi connectivity index (χ3v) is 4.16. The highest BCUT2D eigenvalue weighted by Gasteiger charge is 2.30. The Kier molecular flexibility index (Phi) is 5.69. The van der Waals surface area contributed by atoms with Crippen LogP contribution in [-0.2, 0) is 4.74 Å². The van der Waals surface area contributed by atoms with E-state index in [1.807, 2.05) is 27.7 Å². The molecule has 1 saturated carbocycles. The van der Waals surface area contributed by atoms with E-state index in [-0.39, 0.29) is 12.1 Å². The highest BCUT2D eigenvalue weighted by atomic mass is 16.6. The second kappa shape index (κ2) is 7.35. The summed E-state index contributed by atoms with van der Waals surface area (Å²) in [5.74, 6) is 0.669. The van der Waals surface area contributed by atoms with Gasteiger partial charge in [0.15, 0.2) is 0 Å². The van der Waals surface area contributed by atoms with Gasteiger partial charge >= 0.3 is 6.09 Å². The maximum atomic E-state index is 11.7. The average Bonchev–Trinajstić information content (AvgIpc) is 2.36. The van der Waals surface area contributed by atoms with E-state index >= 15 is 0 Å².